The van der Waals surface area contributed by atoms with Gasteiger partial charge in [-0.1, -0.05) is 30.0 Å². The molecule has 0 aliphatic heterocycles. The fraction of sp³-hybridized carbons (Fsp3) is 0.105. The van der Waals surface area contributed by atoms with Gasteiger partial charge in [0.05, 0.1) is 4.92 Å². The van der Waals surface area contributed by atoms with Crippen molar-refractivity contribution in [2.45, 2.75) is 12.1 Å². The van der Waals surface area contributed by atoms with Crippen LogP contribution in [0.4, 0.5) is 17.2 Å². The zero-order valence-corrected chi connectivity index (χ0v) is 15.9. The van der Waals surface area contributed by atoms with Crippen molar-refractivity contribution >= 4 is 34.9 Å². The van der Waals surface area contributed by atoms with Gasteiger partial charge in [-0.2, -0.15) is 0 Å². The van der Waals surface area contributed by atoms with Gasteiger partial charge in [0.2, 0.25) is 0 Å². The van der Waals surface area contributed by atoms with E-state index in [1.165, 1.54) is 30.0 Å². The van der Waals surface area contributed by atoms with Gasteiger partial charge in [0.1, 0.15) is 17.1 Å². The van der Waals surface area contributed by atoms with E-state index >= 15 is 0 Å². The molecule has 0 saturated carbocycles. The minimum Gasteiger partial charge on any atom is -0.423 e. The lowest BCUT2D eigenvalue weighted by atomic mass is 10.2. The lowest BCUT2D eigenvalue weighted by Gasteiger charge is -2.10. The summed E-state index contributed by atoms with van der Waals surface area (Å²) < 4.78 is 5.32. The predicted octanol–water partition coefficient (Wildman–Crippen LogP) is 4.38. The number of nitro groups is 1. The molecule has 28 heavy (non-hydrogen) atoms. The average Bonchev–Trinajstić information content (AvgIpc) is 2.67. The second-order valence-corrected chi connectivity index (χ2v) is 6.47. The molecule has 3 aromatic rings. The number of aryl methyl sites for hydroxylation is 1. The highest BCUT2D eigenvalue weighted by Gasteiger charge is 2.21. The van der Waals surface area contributed by atoms with E-state index in [0.29, 0.717) is 16.7 Å². The van der Waals surface area contributed by atoms with Crippen LogP contribution in [0.5, 0.6) is 5.75 Å². The quantitative estimate of drug-likeness (QED) is 0.163. The summed E-state index contributed by atoms with van der Waals surface area (Å²) in [5, 5.41) is 14.9. The lowest BCUT2D eigenvalue weighted by molar-refractivity contribution is -0.385. The van der Waals surface area contributed by atoms with Crippen LogP contribution in [-0.4, -0.2) is 27.1 Å². The van der Waals surface area contributed by atoms with Crippen LogP contribution in [0.25, 0.3) is 0 Å². The van der Waals surface area contributed by atoms with Crippen LogP contribution < -0.4 is 10.1 Å². The molecule has 0 aliphatic rings. The molecule has 0 atom stereocenters. The topological polar surface area (TPSA) is 107 Å². The van der Waals surface area contributed by atoms with Crippen molar-refractivity contribution in [1.29, 1.82) is 0 Å². The van der Waals surface area contributed by atoms with Crippen LogP contribution in [0.1, 0.15) is 16.1 Å². The first-order chi connectivity index (χ1) is 13.5. The average molecular weight is 396 g/mol. The summed E-state index contributed by atoms with van der Waals surface area (Å²) in [7, 11) is 0. The van der Waals surface area contributed by atoms with Crippen molar-refractivity contribution in [1.82, 2.24) is 9.97 Å². The largest absolute Gasteiger partial charge is 0.423 e. The van der Waals surface area contributed by atoms with Crippen LogP contribution in [0.2, 0.25) is 0 Å². The smallest absolute Gasteiger partial charge is 0.350 e. The maximum Gasteiger partial charge on any atom is 0.350 e. The van der Waals surface area contributed by atoms with Crippen molar-refractivity contribution in [2.75, 3.05) is 11.6 Å². The molecule has 1 aromatic heterocycles. The summed E-state index contributed by atoms with van der Waals surface area (Å²) in [4.78, 5) is 31.5. The number of benzene rings is 2. The van der Waals surface area contributed by atoms with Gasteiger partial charge in [0.25, 0.3) is 5.69 Å². The number of esters is 1. The number of hydrogen-bond donors (Lipinski definition) is 1. The first-order valence-corrected chi connectivity index (χ1v) is 9.41. The monoisotopic (exact) mass is 396 g/mol. The van der Waals surface area contributed by atoms with E-state index < -0.39 is 10.9 Å². The summed E-state index contributed by atoms with van der Waals surface area (Å²) >= 11 is 1.43. The minimum atomic E-state index is -0.799. The summed E-state index contributed by atoms with van der Waals surface area (Å²) in [6, 6.07) is 14.2. The maximum absolute atomic E-state index is 12.4. The van der Waals surface area contributed by atoms with Crippen molar-refractivity contribution < 1.29 is 14.5 Å². The molecule has 2 aromatic carbocycles. The van der Waals surface area contributed by atoms with Gasteiger partial charge >= 0.3 is 5.97 Å². The van der Waals surface area contributed by atoms with Crippen molar-refractivity contribution in [3.8, 4) is 5.75 Å². The zero-order valence-electron chi connectivity index (χ0n) is 15.1. The van der Waals surface area contributed by atoms with Gasteiger partial charge in [-0.05, 0) is 31.4 Å². The number of carbonyl (C=O) groups excluding carboxylic acids is 1. The summed E-state index contributed by atoms with van der Waals surface area (Å²) in [6.07, 6.45) is 1.89. The molecule has 0 aliphatic carbocycles. The fourth-order valence-corrected chi connectivity index (χ4v) is 2.87. The molecule has 142 valence electrons. The third kappa shape index (κ3) is 4.63. The molecule has 0 bridgehead atoms. The molecule has 0 unspecified atom stereocenters. The third-order valence-electron chi connectivity index (χ3n) is 3.65. The van der Waals surface area contributed by atoms with Gasteiger partial charge in [0.15, 0.2) is 5.16 Å². The predicted molar refractivity (Wildman–Crippen MR) is 106 cm³/mol. The van der Waals surface area contributed by atoms with E-state index in [2.05, 4.69) is 15.3 Å². The first kappa shape index (κ1) is 19.3. The van der Waals surface area contributed by atoms with Crippen molar-refractivity contribution in [2.24, 2.45) is 0 Å². The van der Waals surface area contributed by atoms with Crippen LogP contribution in [0.3, 0.4) is 0 Å². The molecule has 0 saturated heterocycles. The Bertz CT molecular complexity index is 1040. The number of nitro benzene ring substituents is 1. The van der Waals surface area contributed by atoms with Crippen LogP contribution in [0.15, 0.2) is 59.8 Å². The number of thioether (sulfide) groups is 1. The number of hydrogen-bond acceptors (Lipinski definition) is 8. The van der Waals surface area contributed by atoms with Gasteiger partial charge < -0.3 is 10.1 Å². The summed E-state index contributed by atoms with van der Waals surface area (Å²) in [6.45, 7) is 1.87. The number of ether oxygens (including phenoxy) is 1. The van der Waals surface area contributed by atoms with E-state index in [1.54, 1.807) is 36.4 Å². The molecule has 1 heterocycles. The number of nitrogens with zero attached hydrogens (tertiary/aromatic N) is 3. The molecule has 0 radical (unpaired) electrons. The Morgan fingerprint density at radius 3 is 2.68 bits per heavy atom. The molecular formula is C19H16N4O4S. The lowest BCUT2D eigenvalue weighted by Crippen LogP contribution is -2.11. The molecule has 3 rings (SSSR count). The number of anilines is 2. The highest BCUT2D eigenvalue weighted by molar-refractivity contribution is 7.98. The number of para-hydroxylation sites is 1. The summed E-state index contributed by atoms with van der Waals surface area (Å²) in [5.74, 6) is 0.0649. The van der Waals surface area contributed by atoms with Crippen LogP contribution in [-0.2, 0) is 0 Å². The number of rotatable bonds is 6. The van der Waals surface area contributed by atoms with Gasteiger partial charge in [-0.15, -0.1) is 0 Å². The Morgan fingerprint density at radius 2 is 1.93 bits per heavy atom. The summed E-state index contributed by atoms with van der Waals surface area (Å²) in [5.41, 5.74) is 1.06. The first-order valence-electron chi connectivity index (χ1n) is 8.18. The molecule has 8 nitrogen and oxygen atoms in total. The Morgan fingerprint density at radius 1 is 1.14 bits per heavy atom. The molecule has 0 amide bonds. The zero-order chi connectivity index (χ0) is 20.1. The highest BCUT2D eigenvalue weighted by Crippen LogP contribution is 2.24. The van der Waals surface area contributed by atoms with Crippen LogP contribution in [0, 0.1) is 17.0 Å². The Kier molecular flexibility index (Phi) is 5.85. The standard InChI is InChI=1S/C19H16N4O4S/c1-12-10-17(22-19(20-12)28-2)21-13-6-5-7-14(11-13)27-18(24)15-8-3-4-9-16(15)23(25)26/h3-11H,1-2H3,(H,20,21,22). The van der Waals surface area contributed by atoms with E-state index in [0.717, 1.165) is 5.69 Å². The fourth-order valence-electron chi connectivity index (χ4n) is 2.45. The van der Waals surface area contributed by atoms with E-state index in [1.807, 2.05) is 13.2 Å². The highest BCUT2D eigenvalue weighted by atomic mass is 32.2. The Labute approximate surface area is 165 Å². The Balaban J connectivity index is 1.80. The molecule has 1 N–H and O–H groups in total. The number of aromatic nitrogens is 2. The number of carbonyl (C=O) groups is 1. The number of nitrogens with one attached hydrogen (secondary N) is 1. The van der Waals surface area contributed by atoms with Gasteiger partial charge in [0, 0.05) is 29.6 Å². The normalized spacial score (nSPS) is 10.4. The van der Waals surface area contributed by atoms with E-state index in [-0.39, 0.29) is 17.0 Å². The SMILES string of the molecule is CSc1nc(C)cc(Nc2cccc(OC(=O)c3ccccc3[N+](=O)[O-])c2)n1. The molecule has 0 spiro atoms. The maximum atomic E-state index is 12.4. The van der Waals surface area contributed by atoms with Crippen molar-refractivity contribution in [3.05, 3.63) is 76.0 Å². The molecule has 9 heteroatoms. The van der Waals surface area contributed by atoms with Crippen molar-refractivity contribution in [3.63, 3.8) is 0 Å². The second-order valence-electron chi connectivity index (χ2n) is 5.70. The third-order valence-corrected chi connectivity index (χ3v) is 4.20. The van der Waals surface area contributed by atoms with E-state index in [4.69, 9.17) is 4.74 Å². The van der Waals surface area contributed by atoms with Gasteiger partial charge in [-0.25, -0.2) is 14.8 Å². The van der Waals surface area contributed by atoms with Crippen LogP contribution >= 0.6 is 11.8 Å². The minimum absolute atomic E-state index is 0.109. The van der Waals surface area contributed by atoms with Gasteiger partial charge in [-0.3, -0.25) is 10.1 Å². The Hall–Kier alpha value is -3.46. The molecule has 0 fully saturated rings. The second kappa shape index (κ2) is 8.49. The van der Waals surface area contributed by atoms with E-state index in [9.17, 15) is 14.9 Å². The molecular weight excluding hydrogens is 380 g/mol.